The molecule has 0 aromatic heterocycles. The number of nitrogens with one attached hydrogen (secondary N) is 1. The molecule has 21 heavy (non-hydrogen) atoms. The first-order valence-corrected chi connectivity index (χ1v) is 7.90. The SMILES string of the molecule is CCC(CC)C(=O)NC1(c2ccc3c(c2)OCCO3)CC1. The van der Waals surface area contributed by atoms with Crippen LogP contribution in [0, 0.1) is 5.92 Å². The summed E-state index contributed by atoms with van der Waals surface area (Å²) >= 11 is 0. The fourth-order valence-corrected chi connectivity index (χ4v) is 2.95. The minimum atomic E-state index is -0.185. The van der Waals surface area contributed by atoms with Crippen LogP contribution >= 0.6 is 0 Å². The highest BCUT2D eigenvalue weighted by atomic mass is 16.6. The van der Waals surface area contributed by atoms with Gasteiger partial charge in [-0.1, -0.05) is 19.9 Å². The summed E-state index contributed by atoms with van der Waals surface area (Å²) in [5.74, 6) is 1.88. The normalized spacial score (nSPS) is 18.4. The fraction of sp³-hybridized carbons (Fsp3) is 0.588. The van der Waals surface area contributed by atoms with Gasteiger partial charge in [-0.3, -0.25) is 4.79 Å². The van der Waals surface area contributed by atoms with Gasteiger partial charge < -0.3 is 14.8 Å². The molecule has 4 heteroatoms. The Balaban J connectivity index is 1.78. The summed E-state index contributed by atoms with van der Waals surface area (Å²) in [6.07, 6.45) is 3.77. The van der Waals surface area contributed by atoms with Crippen molar-refractivity contribution >= 4 is 5.91 Å². The van der Waals surface area contributed by atoms with Crippen LogP contribution in [0.4, 0.5) is 0 Å². The number of benzene rings is 1. The van der Waals surface area contributed by atoms with Gasteiger partial charge in [0.2, 0.25) is 5.91 Å². The van der Waals surface area contributed by atoms with Gasteiger partial charge in [0, 0.05) is 5.92 Å². The van der Waals surface area contributed by atoms with E-state index in [1.54, 1.807) is 0 Å². The van der Waals surface area contributed by atoms with Crippen LogP contribution in [-0.4, -0.2) is 19.1 Å². The van der Waals surface area contributed by atoms with Gasteiger partial charge in [0.25, 0.3) is 0 Å². The molecule has 1 aromatic carbocycles. The molecule has 1 heterocycles. The Kier molecular flexibility index (Phi) is 3.79. The van der Waals surface area contributed by atoms with Gasteiger partial charge in [0.05, 0.1) is 5.54 Å². The number of carbonyl (C=O) groups excluding carboxylic acids is 1. The second kappa shape index (κ2) is 5.58. The molecule has 1 aliphatic heterocycles. The highest BCUT2D eigenvalue weighted by Crippen LogP contribution is 2.48. The lowest BCUT2D eigenvalue weighted by Crippen LogP contribution is -2.38. The number of fused-ring (bicyclic) bond motifs is 1. The Labute approximate surface area is 125 Å². The third-order valence-corrected chi connectivity index (χ3v) is 4.56. The van der Waals surface area contributed by atoms with Crippen LogP contribution < -0.4 is 14.8 Å². The Morgan fingerprint density at radius 2 is 1.86 bits per heavy atom. The largest absolute Gasteiger partial charge is 0.486 e. The second-order valence-electron chi connectivity index (χ2n) is 5.94. The van der Waals surface area contributed by atoms with Gasteiger partial charge >= 0.3 is 0 Å². The maximum atomic E-state index is 12.4. The molecule has 1 aliphatic carbocycles. The molecule has 0 unspecified atom stereocenters. The molecule has 0 saturated heterocycles. The van der Waals surface area contributed by atoms with E-state index in [4.69, 9.17) is 9.47 Å². The molecule has 1 amide bonds. The van der Waals surface area contributed by atoms with Crippen LogP contribution in [0.25, 0.3) is 0 Å². The van der Waals surface area contributed by atoms with Crippen LogP contribution in [0.1, 0.15) is 45.1 Å². The van der Waals surface area contributed by atoms with Crippen molar-refractivity contribution in [2.24, 2.45) is 5.92 Å². The summed E-state index contributed by atoms with van der Waals surface area (Å²) in [7, 11) is 0. The molecule has 0 radical (unpaired) electrons. The minimum absolute atomic E-state index is 0.111. The van der Waals surface area contributed by atoms with Gasteiger partial charge in [0.1, 0.15) is 13.2 Å². The lowest BCUT2D eigenvalue weighted by molar-refractivity contribution is -0.126. The first kappa shape index (κ1) is 14.2. The molecular weight excluding hydrogens is 266 g/mol. The maximum Gasteiger partial charge on any atom is 0.223 e. The Morgan fingerprint density at radius 3 is 2.48 bits per heavy atom. The molecule has 0 atom stereocenters. The van der Waals surface area contributed by atoms with Gasteiger partial charge in [-0.15, -0.1) is 0 Å². The summed E-state index contributed by atoms with van der Waals surface area (Å²) in [4.78, 5) is 12.4. The molecule has 2 aliphatic rings. The van der Waals surface area contributed by atoms with Crippen LogP contribution in [0.15, 0.2) is 18.2 Å². The Hall–Kier alpha value is -1.71. The number of carbonyl (C=O) groups is 1. The molecule has 3 rings (SSSR count). The van der Waals surface area contributed by atoms with Crippen molar-refractivity contribution in [2.45, 2.75) is 45.1 Å². The van der Waals surface area contributed by atoms with Crippen molar-refractivity contribution in [3.05, 3.63) is 23.8 Å². The minimum Gasteiger partial charge on any atom is -0.486 e. The van der Waals surface area contributed by atoms with Crippen molar-refractivity contribution in [2.75, 3.05) is 13.2 Å². The van der Waals surface area contributed by atoms with E-state index in [9.17, 15) is 4.79 Å². The van der Waals surface area contributed by atoms with Gasteiger partial charge in [-0.25, -0.2) is 0 Å². The molecule has 114 valence electrons. The first-order valence-electron chi connectivity index (χ1n) is 7.90. The number of hydrogen-bond acceptors (Lipinski definition) is 3. The summed E-state index contributed by atoms with van der Waals surface area (Å²) in [5.41, 5.74) is 0.946. The number of amides is 1. The molecule has 4 nitrogen and oxygen atoms in total. The summed E-state index contributed by atoms with van der Waals surface area (Å²) in [5, 5.41) is 3.26. The zero-order chi connectivity index (χ0) is 14.9. The van der Waals surface area contributed by atoms with Crippen molar-refractivity contribution in [1.82, 2.24) is 5.32 Å². The molecule has 0 bridgehead atoms. The summed E-state index contributed by atoms with van der Waals surface area (Å²) in [6, 6.07) is 6.02. The van der Waals surface area contributed by atoms with Crippen LogP contribution in [0.5, 0.6) is 11.5 Å². The van der Waals surface area contributed by atoms with E-state index in [1.165, 1.54) is 0 Å². The predicted octanol–water partition coefficient (Wildman–Crippen LogP) is 3.00. The fourth-order valence-electron chi connectivity index (χ4n) is 2.95. The van der Waals surface area contributed by atoms with E-state index in [0.717, 1.165) is 42.7 Å². The van der Waals surface area contributed by atoms with E-state index in [1.807, 2.05) is 18.2 Å². The first-order chi connectivity index (χ1) is 10.2. The molecule has 0 spiro atoms. The van der Waals surface area contributed by atoms with Crippen LogP contribution in [0.2, 0.25) is 0 Å². The quantitative estimate of drug-likeness (QED) is 0.906. The van der Waals surface area contributed by atoms with Crippen LogP contribution in [-0.2, 0) is 10.3 Å². The lowest BCUT2D eigenvalue weighted by atomic mass is 9.99. The smallest absolute Gasteiger partial charge is 0.223 e. The van der Waals surface area contributed by atoms with Gasteiger partial charge in [0.15, 0.2) is 11.5 Å². The van der Waals surface area contributed by atoms with Crippen molar-refractivity contribution in [3.63, 3.8) is 0 Å². The molecular formula is C17H23NO3. The zero-order valence-corrected chi connectivity index (χ0v) is 12.8. The average molecular weight is 289 g/mol. The third-order valence-electron chi connectivity index (χ3n) is 4.56. The van der Waals surface area contributed by atoms with Gasteiger partial charge in [-0.2, -0.15) is 0 Å². The highest BCUT2D eigenvalue weighted by molar-refractivity contribution is 5.80. The monoisotopic (exact) mass is 289 g/mol. The standard InChI is InChI=1S/C17H23NO3/c1-3-12(4-2)16(19)18-17(7-8-17)13-5-6-14-15(11-13)21-10-9-20-14/h5-6,11-12H,3-4,7-10H2,1-2H3,(H,18,19). The molecule has 1 aromatic rings. The molecule has 1 saturated carbocycles. The summed E-state index contributed by atoms with van der Waals surface area (Å²) in [6.45, 7) is 5.32. The molecule has 1 N–H and O–H groups in total. The number of ether oxygens (including phenoxy) is 2. The topological polar surface area (TPSA) is 47.6 Å². The van der Waals surface area contributed by atoms with Crippen molar-refractivity contribution in [3.8, 4) is 11.5 Å². The highest BCUT2D eigenvalue weighted by Gasteiger charge is 2.46. The van der Waals surface area contributed by atoms with Gasteiger partial charge in [-0.05, 0) is 43.4 Å². The predicted molar refractivity (Wildman–Crippen MR) is 80.6 cm³/mol. The van der Waals surface area contributed by atoms with E-state index in [2.05, 4.69) is 19.2 Å². The number of hydrogen-bond donors (Lipinski definition) is 1. The second-order valence-corrected chi connectivity index (χ2v) is 5.94. The van der Waals surface area contributed by atoms with E-state index >= 15 is 0 Å². The molecule has 1 fully saturated rings. The summed E-state index contributed by atoms with van der Waals surface area (Å²) < 4.78 is 11.2. The number of rotatable bonds is 5. The van der Waals surface area contributed by atoms with E-state index in [-0.39, 0.29) is 17.4 Å². The Bertz CT molecular complexity index is 533. The van der Waals surface area contributed by atoms with Crippen molar-refractivity contribution < 1.29 is 14.3 Å². The van der Waals surface area contributed by atoms with Crippen molar-refractivity contribution in [1.29, 1.82) is 0 Å². The van der Waals surface area contributed by atoms with E-state index in [0.29, 0.717) is 13.2 Å². The maximum absolute atomic E-state index is 12.4. The average Bonchev–Trinajstić information content (AvgIpc) is 3.29. The van der Waals surface area contributed by atoms with E-state index < -0.39 is 0 Å². The zero-order valence-electron chi connectivity index (χ0n) is 12.8. The van der Waals surface area contributed by atoms with Crippen LogP contribution in [0.3, 0.4) is 0 Å². The Morgan fingerprint density at radius 1 is 1.19 bits per heavy atom. The third kappa shape index (κ3) is 2.71. The lowest BCUT2D eigenvalue weighted by Gasteiger charge is -2.24.